The molecule has 7 nitrogen and oxygen atoms in total. The van der Waals surface area contributed by atoms with Gasteiger partial charge < -0.3 is 20.8 Å². The molecular formula is C21H23N3O4S. The molecule has 4 N–H and O–H groups in total. The van der Waals surface area contributed by atoms with Crippen LogP contribution in [0.15, 0.2) is 42.5 Å². The van der Waals surface area contributed by atoms with Gasteiger partial charge in [0.05, 0.1) is 22.7 Å². The highest BCUT2D eigenvalue weighted by Gasteiger charge is 2.21. The average Bonchev–Trinajstić information content (AvgIpc) is 3.08. The predicted molar refractivity (Wildman–Crippen MR) is 114 cm³/mol. The molecule has 3 rings (SSSR count). The number of amides is 1. The molecule has 0 saturated heterocycles. The number of nitrogens with one attached hydrogen (secondary N) is 2. The molecule has 1 heterocycles. The smallest absolute Gasteiger partial charge is 0.321 e. The van der Waals surface area contributed by atoms with Crippen LogP contribution >= 0.6 is 11.3 Å². The number of thiazole rings is 1. The Kier molecular flexibility index (Phi) is 6.58. The van der Waals surface area contributed by atoms with E-state index >= 15 is 0 Å². The number of anilines is 1. The van der Waals surface area contributed by atoms with Crippen LogP contribution in [0.3, 0.4) is 0 Å². The maximum atomic E-state index is 12.2. The number of aromatic nitrogens is 1. The number of nitrogens with zero attached hydrogens (tertiary/aromatic N) is 1. The topological polar surface area (TPSA) is 112 Å². The molecule has 0 saturated carbocycles. The van der Waals surface area contributed by atoms with E-state index in [0.717, 1.165) is 20.8 Å². The van der Waals surface area contributed by atoms with E-state index in [1.807, 2.05) is 31.2 Å². The quantitative estimate of drug-likeness (QED) is 0.452. The highest BCUT2D eigenvalue weighted by Crippen LogP contribution is 2.31. The Balaban J connectivity index is 1.64. The number of carbonyl (C=O) groups is 2. The van der Waals surface area contributed by atoms with E-state index in [1.54, 1.807) is 30.4 Å². The number of carbonyl (C=O) groups excluding carboxylic acids is 1. The molecule has 0 bridgehead atoms. The Morgan fingerprint density at radius 3 is 2.55 bits per heavy atom. The molecule has 0 aliphatic carbocycles. The summed E-state index contributed by atoms with van der Waals surface area (Å²) in [7, 11) is 0. The standard InChI is InChI=1S/C21H23N3O4S/c1-12-3-8-16-18(9-12)29-20(24-16)14-4-6-15(7-5-14)23-19(26)10-17(21(27)28)22-11-13(2)25/h3-9,13,17,22,25H,10-11H2,1-2H3,(H,23,26)(H,27,28). The summed E-state index contributed by atoms with van der Waals surface area (Å²) in [5.74, 6) is -1.55. The molecule has 2 aromatic carbocycles. The van der Waals surface area contributed by atoms with Gasteiger partial charge in [0.1, 0.15) is 11.0 Å². The summed E-state index contributed by atoms with van der Waals surface area (Å²) in [5.41, 5.74) is 3.67. The predicted octanol–water partition coefficient (Wildman–Crippen LogP) is 3.02. The first-order valence-corrected chi connectivity index (χ1v) is 10.0. The molecule has 0 spiro atoms. The maximum Gasteiger partial charge on any atom is 0.321 e. The maximum absolute atomic E-state index is 12.2. The average molecular weight is 413 g/mol. The molecule has 29 heavy (non-hydrogen) atoms. The van der Waals surface area contributed by atoms with Crippen molar-refractivity contribution in [1.82, 2.24) is 10.3 Å². The lowest BCUT2D eigenvalue weighted by Crippen LogP contribution is -2.42. The minimum atomic E-state index is -1.14. The van der Waals surface area contributed by atoms with Gasteiger partial charge in [0, 0.05) is 17.8 Å². The van der Waals surface area contributed by atoms with Crippen LogP contribution in [-0.4, -0.2) is 45.8 Å². The van der Waals surface area contributed by atoms with Gasteiger partial charge in [0.25, 0.3) is 0 Å². The normalized spacial score (nSPS) is 13.2. The van der Waals surface area contributed by atoms with Gasteiger partial charge in [-0.05, 0) is 55.8 Å². The number of aliphatic hydroxyl groups excluding tert-OH is 1. The van der Waals surface area contributed by atoms with Crippen LogP contribution in [0.5, 0.6) is 0 Å². The Morgan fingerprint density at radius 1 is 1.17 bits per heavy atom. The van der Waals surface area contributed by atoms with Gasteiger partial charge in [0.2, 0.25) is 5.91 Å². The second-order valence-electron chi connectivity index (χ2n) is 6.97. The summed E-state index contributed by atoms with van der Waals surface area (Å²) in [6, 6.07) is 12.4. The van der Waals surface area contributed by atoms with Crippen LogP contribution in [-0.2, 0) is 9.59 Å². The van der Waals surface area contributed by atoms with Crippen molar-refractivity contribution in [3.8, 4) is 10.6 Å². The number of fused-ring (bicyclic) bond motifs is 1. The molecule has 0 aliphatic heterocycles. The van der Waals surface area contributed by atoms with Gasteiger partial charge >= 0.3 is 5.97 Å². The fourth-order valence-electron chi connectivity index (χ4n) is 2.81. The minimum Gasteiger partial charge on any atom is -0.480 e. The Morgan fingerprint density at radius 2 is 1.90 bits per heavy atom. The zero-order chi connectivity index (χ0) is 21.0. The van der Waals surface area contributed by atoms with E-state index in [9.17, 15) is 19.8 Å². The third-order valence-corrected chi connectivity index (χ3v) is 5.37. The van der Waals surface area contributed by atoms with Crippen molar-refractivity contribution in [1.29, 1.82) is 0 Å². The van der Waals surface area contributed by atoms with Gasteiger partial charge in [-0.1, -0.05) is 6.07 Å². The van der Waals surface area contributed by atoms with Gasteiger partial charge in [-0.2, -0.15) is 0 Å². The van der Waals surface area contributed by atoms with Crippen LogP contribution in [0.1, 0.15) is 18.9 Å². The van der Waals surface area contributed by atoms with Crippen LogP contribution in [0.4, 0.5) is 5.69 Å². The van der Waals surface area contributed by atoms with Gasteiger partial charge in [0.15, 0.2) is 0 Å². The molecule has 3 aromatic rings. The van der Waals surface area contributed by atoms with Gasteiger partial charge in [-0.3, -0.25) is 9.59 Å². The molecule has 2 atom stereocenters. The van der Waals surface area contributed by atoms with Crippen molar-refractivity contribution in [2.24, 2.45) is 0 Å². The first-order valence-electron chi connectivity index (χ1n) is 9.23. The third kappa shape index (κ3) is 5.60. The van der Waals surface area contributed by atoms with Crippen LogP contribution in [0, 0.1) is 6.92 Å². The molecule has 0 radical (unpaired) electrons. The zero-order valence-corrected chi connectivity index (χ0v) is 17.0. The molecule has 0 fully saturated rings. The van der Waals surface area contributed by atoms with E-state index in [2.05, 4.69) is 21.7 Å². The molecule has 2 unspecified atom stereocenters. The van der Waals surface area contributed by atoms with E-state index in [0.29, 0.717) is 5.69 Å². The van der Waals surface area contributed by atoms with Crippen molar-refractivity contribution < 1.29 is 19.8 Å². The monoisotopic (exact) mass is 413 g/mol. The molecule has 1 aromatic heterocycles. The Labute approximate surface area is 172 Å². The summed E-state index contributed by atoms with van der Waals surface area (Å²) in [6.45, 7) is 3.69. The number of benzene rings is 2. The number of aryl methyl sites for hydroxylation is 1. The first-order chi connectivity index (χ1) is 13.8. The number of carboxylic acid groups (broad SMARTS) is 1. The van der Waals surface area contributed by atoms with E-state index in [4.69, 9.17) is 0 Å². The van der Waals surface area contributed by atoms with Crippen LogP contribution in [0.2, 0.25) is 0 Å². The summed E-state index contributed by atoms with van der Waals surface area (Å²) in [6.07, 6.45) is -0.931. The summed E-state index contributed by atoms with van der Waals surface area (Å²) >= 11 is 1.61. The highest BCUT2D eigenvalue weighted by atomic mass is 32.1. The van der Waals surface area contributed by atoms with E-state index in [1.165, 1.54) is 5.56 Å². The number of aliphatic carboxylic acids is 1. The first kappa shape index (κ1) is 20.9. The lowest BCUT2D eigenvalue weighted by molar-refractivity contribution is -0.141. The Hall–Kier alpha value is -2.81. The van der Waals surface area contributed by atoms with Crippen molar-refractivity contribution in [2.75, 3.05) is 11.9 Å². The van der Waals surface area contributed by atoms with Crippen molar-refractivity contribution >= 4 is 39.1 Å². The highest BCUT2D eigenvalue weighted by molar-refractivity contribution is 7.21. The number of hydrogen-bond donors (Lipinski definition) is 4. The number of hydrogen-bond acceptors (Lipinski definition) is 6. The number of aliphatic hydroxyl groups is 1. The fourth-order valence-corrected chi connectivity index (χ4v) is 3.88. The second-order valence-corrected chi connectivity index (χ2v) is 8.00. The van der Waals surface area contributed by atoms with E-state index < -0.39 is 24.0 Å². The molecule has 0 aliphatic rings. The van der Waals surface area contributed by atoms with Crippen LogP contribution < -0.4 is 10.6 Å². The number of carboxylic acids is 1. The minimum absolute atomic E-state index is 0.0979. The van der Waals surface area contributed by atoms with Crippen molar-refractivity contribution in [3.63, 3.8) is 0 Å². The molecular weight excluding hydrogens is 390 g/mol. The zero-order valence-electron chi connectivity index (χ0n) is 16.2. The molecule has 152 valence electrons. The number of rotatable bonds is 8. The van der Waals surface area contributed by atoms with Crippen LogP contribution in [0.25, 0.3) is 20.8 Å². The molecule has 8 heteroatoms. The largest absolute Gasteiger partial charge is 0.480 e. The Bertz CT molecular complexity index is 1010. The van der Waals surface area contributed by atoms with Gasteiger partial charge in [-0.25, -0.2) is 4.98 Å². The fraction of sp³-hybridized carbons (Fsp3) is 0.286. The lowest BCUT2D eigenvalue weighted by Gasteiger charge is -2.15. The SMILES string of the molecule is Cc1ccc2nc(-c3ccc(NC(=O)CC(NCC(C)O)C(=O)O)cc3)sc2c1. The third-order valence-electron chi connectivity index (χ3n) is 4.31. The van der Waals surface area contributed by atoms with Gasteiger partial charge in [-0.15, -0.1) is 11.3 Å². The summed E-state index contributed by atoms with van der Waals surface area (Å²) < 4.78 is 1.13. The van der Waals surface area contributed by atoms with E-state index in [-0.39, 0.29) is 13.0 Å². The summed E-state index contributed by atoms with van der Waals surface area (Å²) in [4.78, 5) is 28.1. The van der Waals surface area contributed by atoms with Crippen molar-refractivity contribution in [3.05, 3.63) is 48.0 Å². The van der Waals surface area contributed by atoms with Crippen molar-refractivity contribution in [2.45, 2.75) is 32.4 Å². The lowest BCUT2D eigenvalue weighted by atomic mass is 10.1. The molecule has 1 amide bonds. The second kappa shape index (κ2) is 9.13. The summed E-state index contributed by atoms with van der Waals surface area (Å²) in [5, 5.41) is 24.8.